The number of aliphatic imine (C=N–C) groups is 1. The zero-order chi connectivity index (χ0) is 19.8. The number of aryl methyl sites for hydroxylation is 1. The number of hydrogen-bond acceptors (Lipinski definition) is 4. The fraction of sp³-hybridized carbons (Fsp3) is 0.571. The summed E-state index contributed by atoms with van der Waals surface area (Å²) in [6.07, 6.45) is 10.8. The van der Waals surface area contributed by atoms with Crippen LogP contribution in [0.15, 0.2) is 35.7 Å². The Labute approximate surface area is 168 Å². The van der Waals surface area contributed by atoms with Gasteiger partial charge in [0.2, 0.25) is 0 Å². The average molecular weight is 384 g/mol. The number of imidazole rings is 1. The van der Waals surface area contributed by atoms with Gasteiger partial charge in [-0.1, -0.05) is 12.5 Å². The Bertz CT molecular complexity index is 750. The number of nitrogens with one attached hydrogen (secondary N) is 2. The van der Waals surface area contributed by atoms with Crippen molar-refractivity contribution in [3.8, 4) is 5.82 Å². The third kappa shape index (κ3) is 5.55. The summed E-state index contributed by atoms with van der Waals surface area (Å²) in [4.78, 5) is 15.7. The van der Waals surface area contributed by atoms with Crippen LogP contribution in [-0.4, -0.2) is 58.1 Å². The topological polar surface area (TPSA) is 70.4 Å². The van der Waals surface area contributed by atoms with Crippen molar-refractivity contribution in [1.29, 1.82) is 0 Å². The van der Waals surface area contributed by atoms with E-state index >= 15 is 0 Å². The van der Waals surface area contributed by atoms with Crippen molar-refractivity contribution in [3.05, 3.63) is 42.1 Å². The molecule has 152 valence electrons. The predicted octanol–water partition coefficient (Wildman–Crippen LogP) is 2.51. The highest BCUT2D eigenvalue weighted by Crippen LogP contribution is 2.16. The van der Waals surface area contributed by atoms with Crippen molar-refractivity contribution < 1.29 is 0 Å². The average Bonchev–Trinajstić information content (AvgIpc) is 3.15. The molecule has 0 aliphatic carbocycles. The first-order chi connectivity index (χ1) is 13.7. The Morgan fingerprint density at radius 1 is 1.25 bits per heavy atom. The number of piperidine rings is 1. The molecule has 0 amide bonds. The lowest BCUT2D eigenvalue weighted by Crippen LogP contribution is -2.41. The van der Waals surface area contributed by atoms with E-state index in [1.165, 1.54) is 25.8 Å². The van der Waals surface area contributed by atoms with Gasteiger partial charge >= 0.3 is 0 Å². The van der Waals surface area contributed by atoms with Crippen LogP contribution >= 0.6 is 0 Å². The van der Waals surface area contributed by atoms with Gasteiger partial charge < -0.3 is 15.5 Å². The summed E-state index contributed by atoms with van der Waals surface area (Å²) in [6, 6.07) is 4.83. The molecule has 2 N–H and O–H groups in total. The van der Waals surface area contributed by atoms with Gasteiger partial charge in [0.05, 0.1) is 0 Å². The van der Waals surface area contributed by atoms with E-state index < -0.39 is 0 Å². The molecule has 0 bridgehead atoms. The molecule has 0 saturated carbocycles. The number of rotatable bonds is 7. The number of likely N-dealkylation sites (tertiary alicyclic amines) is 1. The van der Waals surface area contributed by atoms with Crippen LogP contribution in [0.4, 0.5) is 0 Å². The van der Waals surface area contributed by atoms with Gasteiger partial charge in [0.25, 0.3) is 0 Å². The Balaban J connectivity index is 1.39. The van der Waals surface area contributed by atoms with Crippen LogP contribution in [0.3, 0.4) is 0 Å². The van der Waals surface area contributed by atoms with Gasteiger partial charge in [-0.2, -0.15) is 0 Å². The number of nitrogens with zero attached hydrogens (tertiary/aromatic N) is 5. The highest BCUT2D eigenvalue weighted by molar-refractivity contribution is 5.79. The maximum Gasteiger partial charge on any atom is 0.191 e. The van der Waals surface area contributed by atoms with Crippen LogP contribution in [0.2, 0.25) is 0 Å². The largest absolute Gasteiger partial charge is 0.356 e. The number of guanidine groups is 1. The third-order valence-electron chi connectivity index (χ3n) is 5.42. The molecule has 1 aliphatic heterocycles. The molecule has 0 spiro atoms. The number of aromatic nitrogens is 3. The van der Waals surface area contributed by atoms with Crippen LogP contribution in [-0.2, 0) is 6.54 Å². The smallest absolute Gasteiger partial charge is 0.191 e. The molecule has 1 fully saturated rings. The summed E-state index contributed by atoms with van der Waals surface area (Å²) >= 11 is 0. The maximum atomic E-state index is 4.54. The first kappa shape index (κ1) is 20.3. The second kappa shape index (κ2) is 10.2. The zero-order valence-electron chi connectivity index (χ0n) is 17.4. The molecule has 28 heavy (non-hydrogen) atoms. The molecule has 7 nitrogen and oxygen atoms in total. The lowest BCUT2D eigenvalue weighted by molar-refractivity contribution is 0.159. The molecule has 1 unspecified atom stereocenters. The van der Waals surface area contributed by atoms with Crippen LogP contribution in [0, 0.1) is 6.92 Å². The Hall–Kier alpha value is -2.41. The number of pyridine rings is 1. The first-order valence-corrected chi connectivity index (χ1v) is 10.3. The minimum Gasteiger partial charge on any atom is -0.356 e. The molecule has 3 heterocycles. The highest BCUT2D eigenvalue weighted by Gasteiger charge is 2.17. The monoisotopic (exact) mass is 383 g/mol. The van der Waals surface area contributed by atoms with E-state index in [0.29, 0.717) is 6.54 Å². The van der Waals surface area contributed by atoms with Crippen molar-refractivity contribution in [2.45, 2.75) is 52.1 Å². The molecule has 1 atom stereocenters. The van der Waals surface area contributed by atoms with Gasteiger partial charge in [-0.3, -0.25) is 9.56 Å². The predicted molar refractivity (Wildman–Crippen MR) is 114 cm³/mol. The van der Waals surface area contributed by atoms with Gasteiger partial charge in [0, 0.05) is 51.3 Å². The molecule has 0 radical (unpaired) electrons. The molecule has 7 heteroatoms. The van der Waals surface area contributed by atoms with Gasteiger partial charge in [0.1, 0.15) is 11.6 Å². The molecule has 1 saturated heterocycles. The second-order valence-corrected chi connectivity index (χ2v) is 7.46. The summed E-state index contributed by atoms with van der Waals surface area (Å²) in [5.74, 6) is 2.65. The minimum atomic E-state index is 0.693. The second-order valence-electron chi connectivity index (χ2n) is 7.46. The summed E-state index contributed by atoms with van der Waals surface area (Å²) in [7, 11) is 1.81. The zero-order valence-corrected chi connectivity index (χ0v) is 17.4. The van der Waals surface area contributed by atoms with Crippen molar-refractivity contribution in [2.24, 2.45) is 4.99 Å². The highest BCUT2D eigenvalue weighted by atomic mass is 15.2. The van der Waals surface area contributed by atoms with Crippen molar-refractivity contribution >= 4 is 5.96 Å². The van der Waals surface area contributed by atoms with E-state index in [2.05, 4.69) is 43.5 Å². The lowest BCUT2D eigenvalue weighted by Gasteiger charge is -2.33. The summed E-state index contributed by atoms with van der Waals surface area (Å²) in [5.41, 5.74) is 1.12. The van der Waals surface area contributed by atoms with Crippen molar-refractivity contribution in [2.75, 3.05) is 26.7 Å². The SMILES string of the molecule is CN=C(NCCCN1CCCCC1C)NCc1ccc(-n2ccnc2C)nc1. The molecular formula is C21H33N7. The van der Waals surface area contributed by atoms with Crippen molar-refractivity contribution in [1.82, 2.24) is 30.1 Å². The van der Waals surface area contributed by atoms with Crippen LogP contribution in [0.1, 0.15) is 44.0 Å². The van der Waals surface area contributed by atoms with Gasteiger partial charge in [0.15, 0.2) is 5.96 Å². The Morgan fingerprint density at radius 3 is 2.82 bits per heavy atom. The third-order valence-corrected chi connectivity index (χ3v) is 5.42. The molecule has 2 aromatic rings. The van der Waals surface area contributed by atoms with E-state index in [1.54, 1.807) is 6.20 Å². The Morgan fingerprint density at radius 2 is 2.14 bits per heavy atom. The van der Waals surface area contributed by atoms with Gasteiger partial charge in [-0.25, -0.2) is 9.97 Å². The summed E-state index contributed by atoms with van der Waals surface area (Å²) < 4.78 is 1.97. The summed E-state index contributed by atoms with van der Waals surface area (Å²) in [5, 5.41) is 6.78. The van der Waals surface area contributed by atoms with E-state index in [0.717, 1.165) is 48.7 Å². The molecule has 3 rings (SSSR count). The van der Waals surface area contributed by atoms with Crippen LogP contribution in [0.5, 0.6) is 0 Å². The van der Waals surface area contributed by atoms with E-state index in [1.807, 2.05) is 37.0 Å². The number of hydrogen-bond donors (Lipinski definition) is 2. The van der Waals surface area contributed by atoms with Crippen molar-refractivity contribution in [3.63, 3.8) is 0 Å². The normalized spacial score (nSPS) is 18.2. The first-order valence-electron chi connectivity index (χ1n) is 10.3. The molecule has 2 aromatic heterocycles. The lowest BCUT2D eigenvalue weighted by atomic mass is 10.0. The molecule has 0 aromatic carbocycles. The fourth-order valence-corrected chi connectivity index (χ4v) is 3.67. The van der Waals surface area contributed by atoms with Crippen LogP contribution < -0.4 is 10.6 Å². The van der Waals surface area contributed by atoms with Gasteiger partial charge in [-0.05, 0) is 51.3 Å². The van der Waals surface area contributed by atoms with E-state index in [-0.39, 0.29) is 0 Å². The standard InChI is InChI=1S/C21H33N7/c1-17-7-4-5-12-27(17)13-6-10-24-21(22-3)26-16-19-8-9-20(25-15-19)28-14-11-23-18(28)2/h8-9,11,14-15,17H,4-7,10,12-13,16H2,1-3H3,(H2,22,24,26). The van der Waals surface area contributed by atoms with Gasteiger partial charge in [-0.15, -0.1) is 0 Å². The van der Waals surface area contributed by atoms with Crippen LogP contribution in [0.25, 0.3) is 5.82 Å². The quantitative estimate of drug-likeness (QED) is 0.437. The summed E-state index contributed by atoms with van der Waals surface area (Å²) in [6.45, 7) is 8.35. The molecule has 1 aliphatic rings. The van der Waals surface area contributed by atoms with E-state index in [9.17, 15) is 0 Å². The Kier molecular flexibility index (Phi) is 7.42. The molecular weight excluding hydrogens is 350 g/mol. The maximum absolute atomic E-state index is 4.54. The fourth-order valence-electron chi connectivity index (χ4n) is 3.67. The minimum absolute atomic E-state index is 0.693. The van der Waals surface area contributed by atoms with E-state index in [4.69, 9.17) is 0 Å².